The highest BCUT2D eigenvalue weighted by molar-refractivity contribution is 7.26. The van der Waals surface area contributed by atoms with Crippen LogP contribution in [0.15, 0.2) is 120 Å². The van der Waals surface area contributed by atoms with E-state index in [9.17, 15) is 0 Å². The molecular weight excluding hydrogens is 808 g/mol. The zero-order valence-corrected chi connectivity index (χ0v) is 40.6. The largest absolute Gasteiger partial charge is 0.469 e. The van der Waals surface area contributed by atoms with Gasteiger partial charge < -0.3 is 14.6 Å². The number of fused-ring (bicyclic) bond motifs is 10. The van der Waals surface area contributed by atoms with Crippen molar-refractivity contribution in [3.8, 4) is 11.1 Å². The van der Waals surface area contributed by atoms with Crippen LogP contribution in [0.4, 0.5) is 28.4 Å². The lowest BCUT2D eigenvalue weighted by molar-refractivity contribution is 0.332. The first-order chi connectivity index (χ1) is 31.0. The molecule has 0 atom stereocenters. The van der Waals surface area contributed by atoms with E-state index in [4.69, 9.17) is 4.42 Å². The summed E-state index contributed by atoms with van der Waals surface area (Å²) in [6.07, 6.45) is 4.69. The molecule has 1 N–H and O–H groups in total. The average molecular weight is 867 g/mol. The van der Waals surface area contributed by atoms with Crippen LogP contribution in [0.5, 0.6) is 0 Å². The Morgan fingerprint density at radius 2 is 1.17 bits per heavy atom. The van der Waals surface area contributed by atoms with Crippen LogP contribution in [0.1, 0.15) is 114 Å². The molecule has 3 heterocycles. The van der Waals surface area contributed by atoms with Gasteiger partial charge in [0.25, 0.3) is 0 Å². The van der Waals surface area contributed by atoms with Gasteiger partial charge in [0.15, 0.2) is 0 Å². The van der Waals surface area contributed by atoms with Crippen LogP contribution >= 0.6 is 11.3 Å². The molecule has 3 nitrogen and oxygen atoms in total. The van der Waals surface area contributed by atoms with E-state index in [1.807, 2.05) is 11.3 Å². The predicted molar refractivity (Wildman–Crippen MR) is 283 cm³/mol. The number of benzene rings is 7. The van der Waals surface area contributed by atoms with Gasteiger partial charge in [-0.25, -0.2) is 0 Å². The molecule has 3 aliphatic rings. The highest BCUT2D eigenvalue weighted by atomic mass is 32.1. The third-order valence-corrected chi connectivity index (χ3v) is 17.3. The molecule has 65 heavy (non-hydrogen) atoms. The lowest BCUT2D eigenvalue weighted by Gasteiger charge is -2.43. The van der Waals surface area contributed by atoms with Crippen molar-refractivity contribution in [2.45, 2.75) is 117 Å². The number of anilines is 5. The molecule has 2 aliphatic carbocycles. The van der Waals surface area contributed by atoms with Crippen molar-refractivity contribution in [1.82, 2.24) is 0 Å². The summed E-state index contributed by atoms with van der Waals surface area (Å²) in [4.78, 5) is 2.63. The van der Waals surface area contributed by atoms with Crippen LogP contribution in [0.3, 0.4) is 0 Å². The van der Waals surface area contributed by atoms with Crippen molar-refractivity contribution in [2.24, 2.45) is 0 Å². The van der Waals surface area contributed by atoms with Gasteiger partial charge in [-0.3, -0.25) is 0 Å². The van der Waals surface area contributed by atoms with Gasteiger partial charge >= 0.3 is 0 Å². The number of rotatable bonds is 4. The van der Waals surface area contributed by atoms with Crippen LogP contribution in [0.25, 0.3) is 53.0 Å². The quantitative estimate of drug-likeness (QED) is 0.179. The molecule has 2 aromatic heterocycles. The van der Waals surface area contributed by atoms with E-state index in [-0.39, 0.29) is 21.7 Å². The minimum atomic E-state index is 0.0575. The zero-order chi connectivity index (χ0) is 44.9. The summed E-state index contributed by atoms with van der Waals surface area (Å²) in [5.74, 6) is 0. The van der Waals surface area contributed by atoms with E-state index in [1.54, 1.807) is 0 Å². The molecule has 5 heteroatoms. The Hall–Kier alpha value is -5.78. The second-order valence-corrected chi connectivity index (χ2v) is 23.5. The van der Waals surface area contributed by atoms with Gasteiger partial charge in [0, 0.05) is 53.9 Å². The highest BCUT2D eigenvalue weighted by Gasteiger charge is 2.42. The van der Waals surface area contributed by atoms with Gasteiger partial charge in [0.2, 0.25) is 7.28 Å². The third-order valence-electron chi connectivity index (χ3n) is 16.1. The molecule has 0 unspecified atom stereocenters. The van der Waals surface area contributed by atoms with Crippen LogP contribution in [0, 0.1) is 13.8 Å². The van der Waals surface area contributed by atoms with Crippen molar-refractivity contribution >= 4 is 100 Å². The fourth-order valence-electron chi connectivity index (χ4n) is 12.1. The molecule has 0 fully saturated rings. The molecule has 9 aromatic rings. The van der Waals surface area contributed by atoms with Crippen LogP contribution in [0.2, 0.25) is 0 Å². The van der Waals surface area contributed by atoms with Crippen molar-refractivity contribution in [3.05, 3.63) is 149 Å². The van der Waals surface area contributed by atoms with E-state index in [1.165, 1.54) is 129 Å². The summed E-state index contributed by atoms with van der Waals surface area (Å²) < 4.78 is 9.89. The van der Waals surface area contributed by atoms with Crippen molar-refractivity contribution in [2.75, 3.05) is 10.2 Å². The first-order valence-electron chi connectivity index (χ1n) is 23.9. The Labute approximate surface area is 389 Å². The molecule has 0 spiro atoms. The average Bonchev–Trinajstić information content (AvgIpc) is 3.84. The number of aryl methyl sites for hydroxylation is 2. The van der Waals surface area contributed by atoms with Gasteiger partial charge in [0.1, 0.15) is 5.58 Å². The third kappa shape index (κ3) is 6.21. The molecule has 7 aromatic carbocycles. The molecule has 0 amide bonds. The summed E-state index contributed by atoms with van der Waals surface area (Å²) in [6, 6.07) is 44.0. The van der Waals surface area contributed by atoms with Crippen LogP contribution < -0.4 is 21.3 Å². The fourth-order valence-corrected chi connectivity index (χ4v) is 13.2. The van der Waals surface area contributed by atoms with Crippen LogP contribution in [-0.2, 0) is 21.7 Å². The fraction of sp³-hybridized carbons (Fsp3) is 0.300. The normalized spacial score (nSPS) is 17.7. The molecule has 324 valence electrons. The smallest absolute Gasteiger partial charge is 0.244 e. The molecule has 12 rings (SSSR count). The molecule has 0 saturated heterocycles. The number of hydrogen-bond acceptors (Lipinski definition) is 4. The van der Waals surface area contributed by atoms with Crippen molar-refractivity contribution in [3.63, 3.8) is 0 Å². The Bertz CT molecular complexity index is 3490. The summed E-state index contributed by atoms with van der Waals surface area (Å²) >= 11 is 1.86. The topological polar surface area (TPSA) is 28.4 Å². The van der Waals surface area contributed by atoms with E-state index in [2.05, 4.69) is 195 Å². The predicted octanol–water partition coefficient (Wildman–Crippen LogP) is 15.8. The lowest BCUT2D eigenvalue weighted by Crippen LogP contribution is -2.40. The Balaban J connectivity index is 1.13. The highest BCUT2D eigenvalue weighted by Crippen LogP contribution is 2.53. The SMILES string of the molecule is Cc1cc(-c2cc3ccccc3cc2Nc2cccc3sc4ccccc4c23)c2c(c1)N(c1cc3c(cc1C)C(C)(C)CCC3(C)C)c1c(oc3cc4c(cc13)C(C)(C)CCC4(C)C)B2. The van der Waals surface area contributed by atoms with Gasteiger partial charge in [0.05, 0.1) is 11.3 Å². The first-order valence-corrected chi connectivity index (χ1v) is 24.7. The van der Waals surface area contributed by atoms with Crippen LogP contribution in [-0.4, -0.2) is 7.28 Å². The maximum atomic E-state index is 7.29. The summed E-state index contributed by atoms with van der Waals surface area (Å²) in [6.45, 7) is 24.1. The molecule has 1 aliphatic heterocycles. The number of thiophene rings is 1. The molecule has 0 radical (unpaired) electrons. The van der Waals surface area contributed by atoms with Gasteiger partial charge in [-0.05, 0) is 171 Å². The number of hydrogen-bond donors (Lipinski definition) is 1. The summed E-state index contributed by atoms with van der Waals surface area (Å²) in [7, 11) is 0.697. The number of nitrogens with one attached hydrogen (secondary N) is 1. The maximum Gasteiger partial charge on any atom is 0.244 e. The second-order valence-electron chi connectivity index (χ2n) is 22.5. The van der Waals surface area contributed by atoms with E-state index in [0.717, 1.165) is 22.6 Å². The maximum absolute atomic E-state index is 7.29. The molecular formula is C60H59BN2OS. The Morgan fingerprint density at radius 3 is 1.89 bits per heavy atom. The summed E-state index contributed by atoms with van der Waals surface area (Å²) in [5.41, 5.74) is 20.4. The first kappa shape index (κ1) is 40.7. The standard InChI is InChI=1S/C60H59BN2OS/c1-34-26-40(39-29-36-16-11-12-17-37(36)30-47(39)62-46-19-15-21-52-53(46)38-18-13-14-20-51(38)65-52)54-49(27-34)63(48-32-44-42(28-35(48)2)57(3,4)22-24-59(44,7)8)55-41-31-43-45(33-50(41)64-56(55)61-54)60(9,10)25-23-58(43,5)6/h11-21,26-33,61-62H,22-25H2,1-10H3. The minimum Gasteiger partial charge on any atom is -0.469 e. The summed E-state index contributed by atoms with van der Waals surface area (Å²) in [5, 5.41) is 10.3. The Kier molecular flexibility index (Phi) is 8.69. The van der Waals surface area contributed by atoms with Gasteiger partial charge in [-0.15, -0.1) is 11.3 Å². The second kappa shape index (κ2) is 13.9. The monoisotopic (exact) mass is 866 g/mol. The minimum absolute atomic E-state index is 0.0575. The van der Waals surface area contributed by atoms with E-state index < -0.39 is 0 Å². The molecule has 0 bridgehead atoms. The zero-order valence-electron chi connectivity index (χ0n) is 39.8. The number of furan rings is 1. The Morgan fingerprint density at radius 1 is 0.554 bits per heavy atom. The van der Waals surface area contributed by atoms with Gasteiger partial charge in [-0.2, -0.15) is 0 Å². The lowest BCUT2D eigenvalue weighted by atomic mass is 9.60. The molecule has 0 saturated carbocycles. The van der Waals surface area contributed by atoms with Crippen molar-refractivity contribution < 1.29 is 4.42 Å². The van der Waals surface area contributed by atoms with E-state index >= 15 is 0 Å². The van der Waals surface area contributed by atoms with E-state index in [0.29, 0.717) is 7.28 Å². The van der Waals surface area contributed by atoms with Gasteiger partial charge in [-0.1, -0.05) is 116 Å². The van der Waals surface area contributed by atoms with Crippen molar-refractivity contribution in [1.29, 1.82) is 0 Å². The number of nitrogens with zero attached hydrogens (tertiary/aromatic N) is 1.